The van der Waals surface area contributed by atoms with Crippen molar-refractivity contribution in [3.63, 3.8) is 0 Å². The fourth-order valence-electron chi connectivity index (χ4n) is 2.02. The second-order valence-electron chi connectivity index (χ2n) is 5.49. The molecule has 0 aliphatic heterocycles. The van der Waals surface area contributed by atoms with E-state index in [-0.39, 0.29) is 18.0 Å². The number of carbonyl (C=O) groups excluding carboxylic acids is 1. The third-order valence-corrected chi connectivity index (χ3v) is 3.34. The molecule has 2 rings (SSSR count). The monoisotopic (exact) mass is 318 g/mol. The number of hydrogen-bond donors (Lipinski definition) is 2. The zero-order valence-electron chi connectivity index (χ0n) is 13.6. The Morgan fingerprint density at radius 2 is 2.22 bits per heavy atom. The van der Waals surface area contributed by atoms with Crippen LogP contribution in [0, 0.1) is 0 Å². The maximum absolute atomic E-state index is 11.8. The second-order valence-corrected chi connectivity index (χ2v) is 5.49. The molecule has 0 aliphatic rings. The number of nitrogens with one attached hydrogen (secondary N) is 1. The van der Waals surface area contributed by atoms with Gasteiger partial charge in [0.05, 0.1) is 7.11 Å². The van der Waals surface area contributed by atoms with Gasteiger partial charge < -0.3 is 20.3 Å². The Hall–Kier alpha value is -2.41. The molecule has 1 heterocycles. The third-order valence-electron chi connectivity index (χ3n) is 3.34. The predicted octanol–water partition coefficient (Wildman–Crippen LogP) is 2.05. The molecule has 2 atom stereocenters. The molecular weight excluding hydrogens is 296 g/mol. The van der Waals surface area contributed by atoms with Crippen molar-refractivity contribution in [1.82, 2.24) is 15.5 Å². The molecule has 0 aliphatic carbocycles. The highest BCUT2D eigenvalue weighted by Gasteiger charge is 2.17. The molecule has 124 valence electrons. The lowest BCUT2D eigenvalue weighted by Gasteiger charge is -2.10. The number of ether oxygens (including phenoxy) is 1. The summed E-state index contributed by atoms with van der Waals surface area (Å²) < 4.78 is 10.4. The van der Waals surface area contributed by atoms with Crippen LogP contribution in [0.3, 0.4) is 0 Å². The summed E-state index contributed by atoms with van der Waals surface area (Å²) in [4.78, 5) is 16.1. The lowest BCUT2D eigenvalue weighted by molar-refractivity contribution is -0.122. The number of benzene rings is 1. The summed E-state index contributed by atoms with van der Waals surface area (Å²) in [6.07, 6.45) is 1.01. The highest BCUT2D eigenvalue weighted by molar-refractivity contribution is 5.76. The SMILES string of the molecule is COc1cccc(-c2noc(C(C)NC(=O)CCC(C)N)n2)c1. The minimum atomic E-state index is -0.359. The quantitative estimate of drug-likeness (QED) is 0.810. The fourth-order valence-corrected chi connectivity index (χ4v) is 2.02. The maximum atomic E-state index is 11.8. The Kier molecular flexibility index (Phi) is 5.70. The van der Waals surface area contributed by atoms with Gasteiger partial charge in [0, 0.05) is 18.0 Å². The van der Waals surface area contributed by atoms with Crippen LogP contribution in [0.5, 0.6) is 5.75 Å². The normalized spacial score (nSPS) is 13.4. The summed E-state index contributed by atoms with van der Waals surface area (Å²) in [5.41, 5.74) is 6.43. The van der Waals surface area contributed by atoms with Gasteiger partial charge in [0.25, 0.3) is 0 Å². The Morgan fingerprint density at radius 3 is 2.91 bits per heavy atom. The van der Waals surface area contributed by atoms with Crippen LogP contribution in [-0.2, 0) is 4.79 Å². The molecule has 7 nitrogen and oxygen atoms in total. The topological polar surface area (TPSA) is 103 Å². The Bertz CT molecular complexity index is 654. The number of nitrogens with zero attached hydrogens (tertiary/aromatic N) is 2. The van der Waals surface area contributed by atoms with E-state index in [1.165, 1.54) is 0 Å². The molecule has 2 unspecified atom stereocenters. The molecule has 0 bridgehead atoms. The molecule has 1 amide bonds. The van der Waals surface area contributed by atoms with Crippen LogP contribution in [-0.4, -0.2) is 29.2 Å². The van der Waals surface area contributed by atoms with Crippen molar-refractivity contribution in [2.45, 2.75) is 38.8 Å². The van der Waals surface area contributed by atoms with Crippen molar-refractivity contribution in [3.8, 4) is 17.1 Å². The number of methoxy groups -OCH3 is 1. The van der Waals surface area contributed by atoms with E-state index in [1.54, 1.807) is 14.0 Å². The van der Waals surface area contributed by atoms with Crippen LogP contribution in [0.4, 0.5) is 0 Å². The van der Waals surface area contributed by atoms with Crippen molar-refractivity contribution in [2.24, 2.45) is 5.73 Å². The van der Waals surface area contributed by atoms with Crippen molar-refractivity contribution < 1.29 is 14.1 Å². The van der Waals surface area contributed by atoms with Crippen molar-refractivity contribution >= 4 is 5.91 Å². The maximum Gasteiger partial charge on any atom is 0.249 e. The molecule has 0 fully saturated rings. The number of hydrogen-bond acceptors (Lipinski definition) is 6. The third kappa shape index (κ3) is 4.79. The van der Waals surface area contributed by atoms with Gasteiger partial charge in [-0.15, -0.1) is 0 Å². The van der Waals surface area contributed by atoms with Gasteiger partial charge in [0.15, 0.2) is 0 Å². The van der Waals surface area contributed by atoms with Crippen LogP contribution in [0.25, 0.3) is 11.4 Å². The largest absolute Gasteiger partial charge is 0.497 e. The lowest BCUT2D eigenvalue weighted by Crippen LogP contribution is -2.28. The Labute approximate surface area is 135 Å². The molecular formula is C16H22N4O3. The van der Waals surface area contributed by atoms with Crippen LogP contribution < -0.4 is 15.8 Å². The highest BCUT2D eigenvalue weighted by Crippen LogP contribution is 2.22. The fraction of sp³-hybridized carbons (Fsp3) is 0.438. The molecule has 0 spiro atoms. The standard InChI is InChI=1S/C16H22N4O3/c1-10(17)7-8-14(21)18-11(2)16-19-15(20-23-16)12-5-4-6-13(9-12)22-3/h4-6,9-11H,7-8,17H2,1-3H3,(H,18,21). The van der Waals surface area contributed by atoms with Crippen molar-refractivity contribution in [1.29, 1.82) is 0 Å². The second kappa shape index (κ2) is 7.73. The summed E-state index contributed by atoms with van der Waals surface area (Å²) >= 11 is 0. The van der Waals surface area contributed by atoms with Gasteiger partial charge in [0.2, 0.25) is 17.6 Å². The molecule has 0 saturated heterocycles. The van der Waals surface area contributed by atoms with Crippen LogP contribution in [0.2, 0.25) is 0 Å². The highest BCUT2D eigenvalue weighted by atomic mass is 16.5. The van der Waals surface area contributed by atoms with Crippen molar-refractivity contribution in [2.75, 3.05) is 7.11 Å². The van der Waals surface area contributed by atoms with Crippen LogP contribution in [0.15, 0.2) is 28.8 Å². The zero-order chi connectivity index (χ0) is 16.8. The predicted molar refractivity (Wildman–Crippen MR) is 85.7 cm³/mol. The van der Waals surface area contributed by atoms with E-state index in [1.807, 2.05) is 31.2 Å². The molecule has 0 radical (unpaired) electrons. The first kappa shape index (κ1) is 17.0. The van der Waals surface area contributed by atoms with Crippen LogP contribution in [0.1, 0.15) is 38.6 Å². The Morgan fingerprint density at radius 1 is 1.43 bits per heavy atom. The van der Waals surface area contributed by atoms with Gasteiger partial charge in [-0.2, -0.15) is 4.98 Å². The summed E-state index contributed by atoms with van der Waals surface area (Å²) in [5.74, 6) is 1.44. The first-order valence-corrected chi connectivity index (χ1v) is 7.52. The van der Waals surface area contributed by atoms with Crippen LogP contribution >= 0.6 is 0 Å². The number of aromatic nitrogens is 2. The van der Waals surface area contributed by atoms with Gasteiger partial charge in [-0.1, -0.05) is 17.3 Å². The smallest absolute Gasteiger partial charge is 0.249 e. The molecule has 7 heteroatoms. The molecule has 3 N–H and O–H groups in total. The minimum Gasteiger partial charge on any atom is -0.497 e. The van der Waals surface area contributed by atoms with E-state index in [9.17, 15) is 4.79 Å². The molecule has 1 aromatic heterocycles. The van der Waals surface area contributed by atoms with Gasteiger partial charge in [-0.25, -0.2) is 0 Å². The summed E-state index contributed by atoms with van der Waals surface area (Å²) in [6, 6.07) is 7.01. The van der Waals surface area contributed by atoms with Gasteiger partial charge in [-0.3, -0.25) is 4.79 Å². The number of amides is 1. The average Bonchev–Trinajstić information content (AvgIpc) is 3.03. The zero-order valence-corrected chi connectivity index (χ0v) is 13.6. The van der Waals surface area contributed by atoms with E-state index in [0.717, 1.165) is 5.56 Å². The molecule has 23 heavy (non-hydrogen) atoms. The summed E-state index contributed by atoms with van der Waals surface area (Å²) in [6.45, 7) is 3.67. The number of rotatable bonds is 7. The average molecular weight is 318 g/mol. The van der Waals surface area contributed by atoms with E-state index in [0.29, 0.717) is 30.3 Å². The molecule has 1 aromatic carbocycles. The van der Waals surface area contributed by atoms with Gasteiger partial charge in [-0.05, 0) is 32.4 Å². The van der Waals surface area contributed by atoms with E-state index in [2.05, 4.69) is 15.5 Å². The van der Waals surface area contributed by atoms with E-state index in [4.69, 9.17) is 15.0 Å². The minimum absolute atomic E-state index is 0.000811. The van der Waals surface area contributed by atoms with E-state index >= 15 is 0 Å². The lowest BCUT2D eigenvalue weighted by atomic mass is 10.2. The van der Waals surface area contributed by atoms with Crippen molar-refractivity contribution in [3.05, 3.63) is 30.2 Å². The number of carbonyl (C=O) groups is 1. The van der Waals surface area contributed by atoms with Gasteiger partial charge >= 0.3 is 0 Å². The van der Waals surface area contributed by atoms with E-state index < -0.39 is 0 Å². The summed E-state index contributed by atoms with van der Waals surface area (Å²) in [5, 5.41) is 6.77. The molecule has 2 aromatic rings. The number of nitrogens with two attached hydrogens (primary N) is 1. The Balaban J connectivity index is 2.02. The first-order chi connectivity index (χ1) is 11.0. The molecule has 0 saturated carbocycles. The summed E-state index contributed by atoms with van der Waals surface area (Å²) in [7, 11) is 1.60. The first-order valence-electron chi connectivity index (χ1n) is 7.52. The van der Waals surface area contributed by atoms with Gasteiger partial charge in [0.1, 0.15) is 11.8 Å².